The summed E-state index contributed by atoms with van der Waals surface area (Å²) in [7, 11) is 0. The van der Waals surface area contributed by atoms with Gasteiger partial charge in [-0.25, -0.2) is 4.39 Å². The predicted octanol–water partition coefficient (Wildman–Crippen LogP) is 2.27. The summed E-state index contributed by atoms with van der Waals surface area (Å²) < 4.78 is 18.1. The van der Waals surface area contributed by atoms with Crippen LogP contribution in [0.25, 0.3) is 0 Å². The summed E-state index contributed by atoms with van der Waals surface area (Å²) in [5.74, 6) is -1.23. The quantitative estimate of drug-likeness (QED) is 0.645. The van der Waals surface area contributed by atoms with E-state index in [1.165, 1.54) is 17.0 Å². The Labute approximate surface area is 153 Å². The van der Waals surface area contributed by atoms with E-state index in [-0.39, 0.29) is 30.7 Å². The molecule has 0 saturated heterocycles. The average molecular weight is 366 g/mol. The van der Waals surface area contributed by atoms with Crippen molar-refractivity contribution in [1.82, 2.24) is 10.2 Å². The van der Waals surface area contributed by atoms with E-state index < -0.39 is 12.6 Å². The van der Waals surface area contributed by atoms with Gasteiger partial charge in [0.1, 0.15) is 12.4 Å². The molecule has 1 aromatic carbocycles. The number of rotatable bonds is 10. The summed E-state index contributed by atoms with van der Waals surface area (Å²) >= 11 is 0. The smallest absolute Gasteiger partial charge is 0.325 e. The van der Waals surface area contributed by atoms with Gasteiger partial charge in [-0.3, -0.25) is 14.4 Å². The lowest BCUT2D eigenvalue weighted by molar-refractivity contribution is -0.152. The molecule has 26 heavy (non-hydrogen) atoms. The van der Waals surface area contributed by atoms with Crippen LogP contribution in [0.5, 0.6) is 0 Å². The molecule has 0 aliphatic rings. The number of amides is 2. The van der Waals surface area contributed by atoms with E-state index in [0.717, 1.165) is 6.42 Å². The minimum absolute atomic E-state index is 0.219. The molecule has 0 bridgehead atoms. The Kier molecular flexibility index (Phi) is 9.33. The number of halogens is 1. The van der Waals surface area contributed by atoms with Crippen LogP contribution in [-0.2, 0) is 25.7 Å². The summed E-state index contributed by atoms with van der Waals surface area (Å²) in [6.07, 6.45) is 1.09. The number of hydrogen-bond acceptors (Lipinski definition) is 4. The molecule has 0 aliphatic carbocycles. The van der Waals surface area contributed by atoms with Crippen LogP contribution >= 0.6 is 0 Å². The van der Waals surface area contributed by atoms with Crippen molar-refractivity contribution in [3.05, 3.63) is 35.6 Å². The minimum atomic E-state index is -0.668. The maximum atomic E-state index is 13.2. The molecule has 0 saturated carbocycles. The van der Waals surface area contributed by atoms with Gasteiger partial charge in [0, 0.05) is 19.5 Å². The SMILES string of the molecule is CCN(Cc1cccc(F)c1)C(=O)COC(=O)CNC(=O)CCC(C)C. The second-order valence-electron chi connectivity index (χ2n) is 6.41. The molecule has 6 nitrogen and oxygen atoms in total. The zero-order valence-corrected chi connectivity index (χ0v) is 15.6. The Hall–Kier alpha value is -2.44. The van der Waals surface area contributed by atoms with Crippen molar-refractivity contribution < 1.29 is 23.5 Å². The Bertz CT molecular complexity index is 619. The molecule has 0 atom stereocenters. The van der Waals surface area contributed by atoms with Crippen LogP contribution in [0, 0.1) is 11.7 Å². The van der Waals surface area contributed by atoms with Crippen molar-refractivity contribution in [1.29, 1.82) is 0 Å². The highest BCUT2D eigenvalue weighted by Gasteiger charge is 2.15. The van der Waals surface area contributed by atoms with E-state index in [4.69, 9.17) is 4.74 Å². The number of nitrogens with one attached hydrogen (secondary N) is 1. The summed E-state index contributed by atoms with van der Waals surface area (Å²) in [5.41, 5.74) is 0.656. The third kappa shape index (κ3) is 8.60. The van der Waals surface area contributed by atoms with Crippen molar-refractivity contribution >= 4 is 17.8 Å². The van der Waals surface area contributed by atoms with Crippen LogP contribution < -0.4 is 5.32 Å². The lowest BCUT2D eigenvalue weighted by Gasteiger charge is -2.21. The predicted molar refractivity (Wildman–Crippen MR) is 95.5 cm³/mol. The van der Waals surface area contributed by atoms with E-state index in [1.54, 1.807) is 19.1 Å². The van der Waals surface area contributed by atoms with Crippen molar-refractivity contribution in [2.75, 3.05) is 19.7 Å². The van der Waals surface area contributed by atoms with Gasteiger partial charge in [-0.15, -0.1) is 0 Å². The second kappa shape index (κ2) is 11.2. The summed E-state index contributed by atoms with van der Waals surface area (Å²) in [5, 5.41) is 2.47. The fourth-order valence-corrected chi connectivity index (χ4v) is 2.20. The Morgan fingerprint density at radius 1 is 1.27 bits per heavy atom. The maximum Gasteiger partial charge on any atom is 0.325 e. The van der Waals surface area contributed by atoms with Gasteiger partial charge < -0.3 is 15.0 Å². The molecule has 1 rings (SSSR count). The maximum absolute atomic E-state index is 13.2. The van der Waals surface area contributed by atoms with Crippen molar-refractivity contribution in [2.24, 2.45) is 5.92 Å². The van der Waals surface area contributed by atoms with Gasteiger partial charge >= 0.3 is 5.97 Å². The second-order valence-corrected chi connectivity index (χ2v) is 6.41. The zero-order chi connectivity index (χ0) is 19.5. The highest BCUT2D eigenvalue weighted by Crippen LogP contribution is 2.08. The molecule has 0 spiro atoms. The van der Waals surface area contributed by atoms with E-state index in [2.05, 4.69) is 5.32 Å². The fraction of sp³-hybridized carbons (Fsp3) is 0.526. The van der Waals surface area contributed by atoms with Gasteiger partial charge in [0.2, 0.25) is 5.91 Å². The number of carbonyl (C=O) groups is 3. The molecular formula is C19H27FN2O4. The van der Waals surface area contributed by atoms with Gasteiger partial charge in [-0.1, -0.05) is 26.0 Å². The highest BCUT2D eigenvalue weighted by atomic mass is 19.1. The van der Waals surface area contributed by atoms with Gasteiger partial charge in [-0.05, 0) is 37.0 Å². The molecule has 0 fully saturated rings. The molecule has 0 heterocycles. The number of hydrogen-bond donors (Lipinski definition) is 1. The summed E-state index contributed by atoms with van der Waals surface area (Å²) in [6, 6.07) is 5.98. The lowest BCUT2D eigenvalue weighted by atomic mass is 10.1. The van der Waals surface area contributed by atoms with Gasteiger partial charge in [0.15, 0.2) is 6.61 Å². The van der Waals surface area contributed by atoms with Crippen LogP contribution in [0.15, 0.2) is 24.3 Å². The van der Waals surface area contributed by atoms with Crippen LogP contribution in [0.1, 0.15) is 39.2 Å². The number of esters is 1. The molecule has 1 N–H and O–H groups in total. The van der Waals surface area contributed by atoms with Crippen molar-refractivity contribution in [3.8, 4) is 0 Å². The summed E-state index contributed by atoms with van der Waals surface area (Å²) in [4.78, 5) is 36.8. The molecule has 144 valence electrons. The number of nitrogens with zero attached hydrogens (tertiary/aromatic N) is 1. The van der Waals surface area contributed by atoms with E-state index in [9.17, 15) is 18.8 Å². The Balaban J connectivity index is 2.36. The third-order valence-corrected chi connectivity index (χ3v) is 3.73. The molecular weight excluding hydrogens is 339 g/mol. The van der Waals surface area contributed by atoms with Crippen LogP contribution in [0.4, 0.5) is 4.39 Å². The molecule has 0 unspecified atom stereocenters. The Morgan fingerprint density at radius 3 is 2.62 bits per heavy atom. The Morgan fingerprint density at radius 2 is 2.00 bits per heavy atom. The first-order chi connectivity index (χ1) is 12.3. The number of carbonyl (C=O) groups excluding carboxylic acids is 3. The first-order valence-corrected chi connectivity index (χ1v) is 8.76. The largest absolute Gasteiger partial charge is 0.454 e. The molecule has 1 aromatic rings. The van der Waals surface area contributed by atoms with E-state index in [0.29, 0.717) is 24.4 Å². The normalized spacial score (nSPS) is 10.5. The van der Waals surface area contributed by atoms with Gasteiger partial charge in [0.25, 0.3) is 5.91 Å². The number of likely N-dealkylation sites (N-methyl/N-ethyl adjacent to an activating group) is 1. The number of benzene rings is 1. The first kappa shape index (κ1) is 21.6. The van der Waals surface area contributed by atoms with Crippen LogP contribution in [0.2, 0.25) is 0 Å². The van der Waals surface area contributed by atoms with Crippen molar-refractivity contribution in [2.45, 2.75) is 40.2 Å². The molecule has 0 radical (unpaired) electrons. The number of ether oxygens (including phenoxy) is 1. The molecule has 0 aromatic heterocycles. The van der Waals surface area contributed by atoms with E-state index in [1.807, 2.05) is 13.8 Å². The molecule has 2 amide bonds. The molecule has 0 aliphatic heterocycles. The van der Waals surface area contributed by atoms with Crippen LogP contribution in [0.3, 0.4) is 0 Å². The van der Waals surface area contributed by atoms with Gasteiger partial charge in [-0.2, -0.15) is 0 Å². The van der Waals surface area contributed by atoms with Crippen LogP contribution in [-0.4, -0.2) is 42.4 Å². The van der Waals surface area contributed by atoms with E-state index >= 15 is 0 Å². The first-order valence-electron chi connectivity index (χ1n) is 8.76. The average Bonchev–Trinajstić information content (AvgIpc) is 2.60. The highest BCUT2D eigenvalue weighted by molar-refractivity contribution is 5.84. The third-order valence-electron chi connectivity index (χ3n) is 3.73. The van der Waals surface area contributed by atoms with Crippen molar-refractivity contribution in [3.63, 3.8) is 0 Å². The standard InChI is InChI=1S/C19H27FN2O4/c1-4-22(12-15-6-5-7-16(20)10-15)18(24)13-26-19(25)11-21-17(23)9-8-14(2)3/h5-7,10,14H,4,8-9,11-13H2,1-3H3,(H,21,23). The monoisotopic (exact) mass is 366 g/mol. The minimum Gasteiger partial charge on any atom is -0.454 e. The topological polar surface area (TPSA) is 75.7 Å². The van der Waals surface area contributed by atoms with Gasteiger partial charge in [0.05, 0.1) is 0 Å². The zero-order valence-electron chi connectivity index (χ0n) is 15.6. The lowest BCUT2D eigenvalue weighted by Crippen LogP contribution is -2.36. The molecule has 7 heteroatoms. The fourth-order valence-electron chi connectivity index (χ4n) is 2.20. The summed E-state index contributed by atoms with van der Waals surface area (Å²) in [6.45, 7) is 5.76.